The van der Waals surface area contributed by atoms with Crippen LogP contribution in [0.3, 0.4) is 0 Å². The Kier molecular flexibility index (Phi) is 4.79. The summed E-state index contributed by atoms with van der Waals surface area (Å²) in [6, 6.07) is 0. The lowest BCUT2D eigenvalue weighted by atomic mass is 10.2. The zero-order chi connectivity index (χ0) is 12.1. The molecule has 1 aliphatic rings. The predicted molar refractivity (Wildman–Crippen MR) is 60.1 cm³/mol. The van der Waals surface area contributed by atoms with Crippen molar-refractivity contribution in [3.05, 3.63) is 0 Å². The van der Waals surface area contributed by atoms with Crippen molar-refractivity contribution in [3.8, 4) is 0 Å². The molecule has 0 aromatic carbocycles. The van der Waals surface area contributed by atoms with E-state index in [0.29, 0.717) is 18.7 Å². The standard InChI is InChI=1S/C10H15NO4S/c1-7(10(14)15)5-16-6-9(13)11-4-2-3-8(11)12/h7H,2-6H2,1H3,(H,14,15). The molecule has 1 fully saturated rings. The monoisotopic (exact) mass is 245 g/mol. The molecule has 1 atom stereocenters. The van der Waals surface area contributed by atoms with Gasteiger partial charge in [-0.25, -0.2) is 0 Å². The Morgan fingerprint density at radius 1 is 1.56 bits per heavy atom. The normalized spacial score (nSPS) is 17.6. The molecule has 0 saturated carbocycles. The molecular formula is C10H15NO4S. The topological polar surface area (TPSA) is 74.7 Å². The molecule has 1 unspecified atom stereocenters. The maximum absolute atomic E-state index is 11.5. The Morgan fingerprint density at radius 2 is 2.25 bits per heavy atom. The molecule has 1 heterocycles. The van der Waals surface area contributed by atoms with Gasteiger partial charge in [0.25, 0.3) is 0 Å². The van der Waals surface area contributed by atoms with Gasteiger partial charge in [-0.15, -0.1) is 0 Å². The summed E-state index contributed by atoms with van der Waals surface area (Å²) in [5.41, 5.74) is 0. The number of hydrogen-bond donors (Lipinski definition) is 1. The molecule has 1 aliphatic heterocycles. The largest absolute Gasteiger partial charge is 0.481 e. The van der Waals surface area contributed by atoms with Crippen molar-refractivity contribution in [2.24, 2.45) is 5.92 Å². The molecule has 0 aliphatic carbocycles. The van der Waals surface area contributed by atoms with Crippen LogP contribution in [0.5, 0.6) is 0 Å². The third-order valence-electron chi connectivity index (χ3n) is 2.39. The third kappa shape index (κ3) is 3.52. The molecule has 1 rings (SSSR count). The number of thioether (sulfide) groups is 1. The number of rotatable bonds is 5. The molecule has 6 heteroatoms. The van der Waals surface area contributed by atoms with E-state index in [0.717, 1.165) is 6.42 Å². The van der Waals surface area contributed by atoms with Crippen LogP contribution in [-0.2, 0) is 14.4 Å². The fourth-order valence-corrected chi connectivity index (χ4v) is 2.33. The highest BCUT2D eigenvalue weighted by atomic mass is 32.2. The number of carbonyl (C=O) groups excluding carboxylic acids is 2. The lowest BCUT2D eigenvalue weighted by molar-refractivity contribution is -0.141. The van der Waals surface area contributed by atoms with Gasteiger partial charge in [-0.3, -0.25) is 19.3 Å². The van der Waals surface area contributed by atoms with Crippen LogP contribution in [-0.4, -0.2) is 45.8 Å². The SMILES string of the molecule is CC(CSCC(=O)N1CCCC1=O)C(=O)O. The van der Waals surface area contributed by atoms with Crippen molar-refractivity contribution in [1.82, 2.24) is 4.90 Å². The smallest absolute Gasteiger partial charge is 0.307 e. The van der Waals surface area contributed by atoms with Gasteiger partial charge in [0.2, 0.25) is 11.8 Å². The molecule has 0 aromatic rings. The summed E-state index contributed by atoms with van der Waals surface area (Å²) in [6.07, 6.45) is 1.18. The number of amides is 2. The molecule has 5 nitrogen and oxygen atoms in total. The number of carboxylic acids is 1. The van der Waals surface area contributed by atoms with Crippen LogP contribution in [0.1, 0.15) is 19.8 Å². The van der Waals surface area contributed by atoms with Crippen molar-refractivity contribution < 1.29 is 19.5 Å². The van der Waals surface area contributed by atoms with E-state index in [9.17, 15) is 14.4 Å². The number of aliphatic carboxylic acids is 1. The van der Waals surface area contributed by atoms with Crippen molar-refractivity contribution in [1.29, 1.82) is 0 Å². The van der Waals surface area contributed by atoms with Crippen LogP contribution < -0.4 is 0 Å². The summed E-state index contributed by atoms with van der Waals surface area (Å²) < 4.78 is 0. The van der Waals surface area contributed by atoms with Gasteiger partial charge in [0, 0.05) is 18.7 Å². The first-order chi connectivity index (χ1) is 7.52. The van der Waals surface area contributed by atoms with Gasteiger partial charge < -0.3 is 5.11 Å². The second kappa shape index (κ2) is 5.89. The Balaban J connectivity index is 2.25. The number of carboxylic acid groups (broad SMARTS) is 1. The summed E-state index contributed by atoms with van der Waals surface area (Å²) in [6.45, 7) is 2.10. The first kappa shape index (κ1) is 13.0. The second-order valence-corrected chi connectivity index (χ2v) is 4.83. The number of nitrogens with zero attached hydrogens (tertiary/aromatic N) is 1. The summed E-state index contributed by atoms with van der Waals surface area (Å²) in [4.78, 5) is 34.5. The van der Waals surface area contributed by atoms with Gasteiger partial charge in [-0.05, 0) is 6.42 Å². The summed E-state index contributed by atoms with van der Waals surface area (Å²) >= 11 is 1.26. The van der Waals surface area contributed by atoms with Gasteiger partial charge in [0.15, 0.2) is 0 Å². The molecule has 90 valence electrons. The van der Waals surface area contributed by atoms with E-state index in [4.69, 9.17) is 5.11 Å². The number of carbonyl (C=O) groups is 3. The summed E-state index contributed by atoms with van der Waals surface area (Å²) in [5, 5.41) is 8.64. The Labute approximate surface area is 98.2 Å². The second-order valence-electron chi connectivity index (χ2n) is 3.80. The van der Waals surface area contributed by atoms with E-state index in [1.807, 2.05) is 0 Å². The van der Waals surface area contributed by atoms with Gasteiger partial charge in [-0.2, -0.15) is 11.8 Å². The van der Waals surface area contributed by atoms with E-state index in [2.05, 4.69) is 0 Å². The maximum atomic E-state index is 11.5. The highest BCUT2D eigenvalue weighted by molar-refractivity contribution is 7.99. The quantitative estimate of drug-likeness (QED) is 0.767. The molecule has 0 radical (unpaired) electrons. The molecule has 0 aromatic heterocycles. The molecule has 0 bridgehead atoms. The zero-order valence-corrected chi connectivity index (χ0v) is 9.96. The predicted octanol–water partition coefficient (Wildman–Crippen LogP) is 0.589. The fraction of sp³-hybridized carbons (Fsp3) is 0.700. The molecule has 1 N–H and O–H groups in total. The average Bonchev–Trinajstić information content (AvgIpc) is 2.64. The van der Waals surface area contributed by atoms with E-state index in [1.165, 1.54) is 16.7 Å². The Morgan fingerprint density at radius 3 is 2.75 bits per heavy atom. The van der Waals surface area contributed by atoms with Gasteiger partial charge in [0.05, 0.1) is 11.7 Å². The van der Waals surface area contributed by atoms with Gasteiger partial charge in [-0.1, -0.05) is 6.92 Å². The van der Waals surface area contributed by atoms with Crippen LogP contribution in [0.4, 0.5) is 0 Å². The molecule has 0 spiro atoms. The van der Waals surface area contributed by atoms with Crippen LogP contribution in [0.2, 0.25) is 0 Å². The van der Waals surface area contributed by atoms with Crippen molar-refractivity contribution in [2.75, 3.05) is 18.1 Å². The maximum Gasteiger partial charge on any atom is 0.307 e. The average molecular weight is 245 g/mol. The lowest BCUT2D eigenvalue weighted by Gasteiger charge is -2.13. The van der Waals surface area contributed by atoms with Gasteiger partial charge in [0.1, 0.15) is 0 Å². The number of imide groups is 1. The van der Waals surface area contributed by atoms with Gasteiger partial charge >= 0.3 is 5.97 Å². The summed E-state index contributed by atoms with van der Waals surface area (Å²) in [5.74, 6) is -1.07. The first-order valence-corrected chi connectivity index (χ1v) is 6.31. The van der Waals surface area contributed by atoms with Crippen LogP contribution in [0.15, 0.2) is 0 Å². The molecule has 1 saturated heterocycles. The third-order valence-corrected chi connectivity index (χ3v) is 3.58. The van der Waals surface area contributed by atoms with E-state index >= 15 is 0 Å². The number of hydrogen-bond acceptors (Lipinski definition) is 4. The van der Waals surface area contributed by atoms with E-state index < -0.39 is 11.9 Å². The van der Waals surface area contributed by atoms with Crippen LogP contribution in [0, 0.1) is 5.92 Å². The molecule has 2 amide bonds. The first-order valence-electron chi connectivity index (χ1n) is 5.16. The molecular weight excluding hydrogens is 230 g/mol. The van der Waals surface area contributed by atoms with Crippen LogP contribution >= 0.6 is 11.8 Å². The highest BCUT2D eigenvalue weighted by Gasteiger charge is 2.26. The minimum Gasteiger partial charge on any atom is -0.481 e. The Hall–Kier alpha value is -1.04. The van der Waals surface area contributed by atoms with Crippen molar-refractivity contribution in [2.45, 2.75) is 19.8 Å². The highest BCUT2D eigenvalue weighted by Crippen LogP contribution is 2.14. The van der Waals surface area contributed by atoms with Crippen LogP contribution in [0.25, 0.3) is 0 Å². The molecule has 16 heavy (non-hydrogen) atoms. The lowest BCUT2D eigenvalue weighted by Crippen LogP contribution is -2.33. The Bertz CT molecular complexity index is 305. The van der Waals surface area contributed by atoms with Crippen molar-refractivity contribution >= 4 is 29.5 Å². The minimum atomic E-state index is -0.864. The number of likely N-dealkylation sites (tertiary alicyclic amines) is 1. The van der Waals surface area contributed by atoms with Crippen molar-refractivity contribution in [3.63, 3.8) is 0 Å². The zero-order valence-electron chi connectivity index (χ0n) is 9.14. The minimum absolute atomic E-state index is 0.114. The van der Waals surface area contributed by atoms with E-state index in [-0.39, 0.29) is 17.6 Å². The van der Waals surface area contributed by atoms with E-state index in [1.54, 1.807) is 6.92 Å². The summed E-state index contributed by atoms with van der Waals surface area (Å²) in [7, 11) is 0. The fourth-order valence-electron chi connectivity index (χ4n) is 1.38.